The molecule has 0 heterocycles. The highest BCUT2D eigenvalue weighted by Gasteiger charge is 2.21. The van der Waals surface area contributed by atoms with Crippen LogP contribution in [0.3, 0.4) is 0 Å². The van der Waals surface area contributed by atoms with E-state index >= 15 is 0 Å². The summed E-state index contributed by atoms with van der Waals surface area (Å²) < 4.78 is 0. The quantitative estimate of drug-likeness (QED) is 0.661. The van der Waals surface area contributed by atoms with Crippen molar-refractivity contribution in [3.8, 4) is 0 Å². The van der Waals surface area contributed by atoms with Gasteiger partial charge in [0.15, 0.2) is 0 Å². The van der Waals surface area contributed by atoms with E-state index in [0.29, 0.717) is 6.04 Å². The summed E-state index contributed by atoms with van der Waals surface area (Å²) in [6, 6.07) is 0.686. The van der Waals surface area contributed by atoms with E-state index in [-0.39, 0.29) is 0 Å². The second-order valence-corrected chi connectivity index (χ2v) is 5.83. The zero-order chi connectivity index (χ0) is 12.5. The maximum Gasteiger partial charge on any atom is 0.0132 e. The van der Waals surface area contributed by atoms with Crippen LogP contribution in [0, 0.1) is 5.92 Å². The molecule has 0 bridgehead atoms. The Bertz CT molecular complexity index is 202. The van der Waals surface area contributed by atoms with Gasteiger partial charge in [0.05, 0.1) is 0 Å². The first-order chi connectivity index (χ1) is 8.24. The van der Waals surface area contributed by atoms with Crippen molar-refractivity contribution in [3.05, 3.63) is 12.2 Å². The molecular weight excluding hydrogens is 206 g/mol. The van der Waals surface area contributed by atoms with E-state index in [9.17, 15) is 0 Å². The summed E-state index contributed by atoms with van der Waals surface area (Å²) in [5, 5.41) is 3.76. The first-order valence-corrected chi connectivity index (χ1v) is 7.61. The van der Waals surface area contributed by atoms with Gasteiger partial charge in [-0.05, 0) is 45.1 Å². The Kier molecular flexibility index (Phi) is 7.59. The van der Waals surface area contributed by atoms with Gasteiger partial charge in [-0.1, -0.05) is 44.6 Å². The van der Waals surface area contributed by atoms with Crippen LogP contribution >= 0.6 is 0 Å². The summed E-state index contributed by atoms with van der Waals surface area (Å²) >= 11 is 0. The SMILES string of the molecule is C=C(C)CC(NCCC)C1CCCCCCC1. The molecule has 0 aromatic heterocycles. The zero-order valence-electron chi connectivity index (χ0n) is 11.9. The van der Waals surface area contributed by atoms with Crippen LogP contribution in [0.5, 0.6) is 0 Å². The van der Waals surface area contributed by atoms with Crippen molar-refractivity contribution in [2.75, 3.05) is 6.54 Å². The van der Waals surface area contributed by atoms with Crippen molar-refractivity contribution >= 4 is 0 Å². The van der Waals surface area contributed by atoms with Gasteiger partial charge in [-0.25, -0.2) is 0 Å². The normalized spacial score (nSPS) is 20.6. The van der Waals surface area contributed by atoms with Crippen molar-refractivity contribution in [2.24, 2.45) is 5.92 Å². The van der Waals surface area contributed by atoms with E-state index in [1.807, 2.05) is 0 Å². The Morgan fingerprint density at radius 1 is 1.18 bits per heavy atom. The molecule has 1 atom stereocenters. The summed E-state index contributed by atoms with van der Waals surface area (Å²) in [5.41, 5.74) is 1.33. The van der Waals surface area contributed by atoms with E-state index in [4.69, 9.17) is 0 Å². The standard InChI is InChI=1S/C16H31N/c1-4-12-17-16(13-14(2)3)15-10-8-6-5-7-9-11-15/h15-17H,2,4-13H2,1,3H3. The van der Waals surface area contributed by atoms with Gasteiger partial charge in [0.2, 0.25) is 0 Å². The van der Waals surface area contributed by atoms with Crippen molar-refractivity contribution in [2.45, 2.75) is 77.7 Å². The Labute approximate surface area is 108 Å². The number of hydrogen-bond donors (Lipinski definition) is 1. The molecule has 1 heteroatoms. The lowest BCUT2D eigenvalue weighted by Crippen LogP contribution is -2.37. The van der Waals surface area contributed by atoms with Crippen LogP contribution in [-0.4, -0.2) is 12.6 Å². The summed E-state index contributed by atoms with van der Waals surface area (Å²) in [7, 11) is 0. The van der Waals surface area contributed by atoms with Gasteiger partial charge >= 0.3 is 0 Å². The summed E-state index contributed by atoms with van der Waals surface area (Å²) in [5.74, 6) is 0.888. The van der Waals surface area contributed by atoms with Crippen LogP contribution in [-0.2, 0) is 0 Å². The second kappa shape index (κ2) is 8.74. The van der Waals surface area contributed by atoms with Crippen molar-refractivity contribution < 1.29 is 0 Å². The smallest absolute Gasteiger partial charge is 0.0132 e. The van der Waals surface area contributed by atoms with Gasteiger partial charge in [0.1, 0.15) is 0 Å². The third-order valence-electron chi connectivity index (χ3n) is 3.94. The first kappa shape index (κ1) is 14.8. The topological polar surface area (TPSA) is 12.0 Å². The number of nitrogens with one attached hydrogen (secondary N) is 1. The molecule has 1 unspecified atom stereocenters. The Hall–Kier alpha value is -0.300. The van der Waals surface area contributed by atoms with Crippen molar-refractivity contribution in [1.82, 2.24) is 5.32 Å². The molecule has 100 valence electrons. The van der Waals surface area contributed by atoms with Crippen LogP contribution in [0.2, 0.25) is 0 Å². The molecule has 1 aliphatic rings. The van der Waals surface area contributed by atoms with E-state index in [2.05, 4.69) is 25.7 Å². The molecule has 1 nitrogen and oxygen atoms in total. The highest BCUT2D eigenvalue weighted by molar-refractivity contribution is 4.95. The summed E-state index contributed by atoms with van der Waals surface area (Å²) in [6.07, 6.45) is 12.5. The highest BCUT2D eigenvalue weighted by atomic mass is 14.9. The zero-order valence-corrected chi connectivity index (χ0v) is 11.9. The lowest BCUT2D eigenvalue weighted by molar-refractivity contribution is 0.283. The molecule has 0 radical (unpaired) electrons. The summed E-state index contributed by atoms with van der Waals surface area (Å²) in [6.45, 7) is 9.68. The molecule has 0 spiro atoms. The van der Waals surface area contributed by atoms with Crippen LogP contribution in [0.1, 0.15) is 71.6 Å². The molecule has 1 saturated carbocycles. The fourth-order valence-electron chi connectivity index (χ4n) is 3.00. The monoisotopic (exact) mass is 237 g/mol. The molecule has 1 N–H and O–H groups in total. The van der Waals surface area contributed by atoms with E-state index < -0.39 is 0 Å². The predicted molar refractivity (Wildman–Crippen MR) is 77.3 cm³/mol. The lowest BCUT2D eigenvalue weighted by Gasteiger charge is -2.30. The van der Waals surface area contributed by atoms with Crippen LogP contribution in [0.4, 0.5) is 0 Å². The molecule has 1 rings (SSSR count). The molecule has 0 aromatic rings. The van der Waals surface area contributed by atoms with Gasteiger partial charge in [-0.15, -0.1) is 6.58 Å². The molecular formula is C16H31N. The van der Waals surface area contributed by atoms with Crippen molar-refractivity contribution in [3.63, 3.8) is 0 Å². The lowest BCUT2D eigenvalue weighted by atomic mass is 9.83. The largest absolute Gasteiger partial charge is 0.313 e. The van der Waals surface area contributed by atoms with Gasteiger partial charge < -0.3 is 5.32 Å². The molecule has 17 heavy (non-hydrogen) atoms. The first-order valence-electron chi connectivity index (χ1n) is 7.61. The molecule has 0 aromatic carbocycles. The third-order valence-corrected chi connectivity index (χ3v) is 3.94. The van der Waals surface area contributed by atoms with Gasteiger partial charge in [0.25, 0.3) is 0 Å². The fraction of sp³-hybridized carbons (Fsp3) is 0.875. The Morgan fingerprint density at radius 2 is 1.76 bits per heavy atom. The highest BCUT2D eigenvalue weighted by Crippen LogP contribution is 2.27. The maximum absolute atomic E-state index is 4.10. The Balaban J connectivity index is 2.48. The molecule has 0 aliphatic heterocycles. The average Bonchev–Trinajstić information content (AvgIpc) is 2.23. The Morgan fingerprint density at radius 3 is 2.29 bits per heavy atom. The molecule has 0 amide bonds. The average molecular weight is 237 g/mol. The maximum atomic E-state index is 4.10. The van der Waals surface area contributed by atoms with Crippen LogP contribution in [0.15, 0.2) is 12.2 Å². The van der Waals surface area contributed by atoms with Gasteiger partial charge in [0, 0.05) is 6.04 Å². The van der Waals surface area contributed by atoms with Crippen LogP contribution < -0.4 is 5.32 Å². The molecule has 1 aliphatic carbocycles. The van der Waals surface area contributed by atoms with Crippen LogP contribution in [0.25, 0.3) is 0 Å². The van der Waals surface area contributed by atoms with E-state index in [1.165, 1.54) is 63.4 Å². The third kappa shape index (κ3) is 6.26. The molecule has 0 saturated heterocycles. The minimum absolute atomic E-state index is 0.686. The minimum atomic E-state index is 0.686. The van der Waals surface area contributed by atoms with E-state index in [1.54, 1.807) is 0 Å². The number of hydrogen-bond acceptors (Lipinski definition) is 1. The predicted octanol–water partition coefficient (Wildman–Crippen LogP) is 4.68. The number of rotatable bonds is 6. The summed E-state index contributed by atoms with van der Waals surface area (Å²) in [4.78, 5) is 0. The fourth-order valence-corrected chi connectivity index (χ4v) is 3.00. The van der Waals surface area contributed by atoms with E-state index in [0.717, 1.165) is 12.5 Å². The van der Waals surface area contributed by atoms with Gasteiger partial charge in [-0.2, -0.15) is 0 Å². The molecule has 1 fully saturated rings. The minimum Gasteiger partial charge on any atom is -0.313 e. The second-order valence-electron chi connectivity index (χ2n) is 5.83. The van der Waals surface area contributed by atoms with Crippen molar-refractivity contribution in [1.29, 1.82) is 0 Å². The van der Waals surface area contributed by atoms with Gasteiger partial charge in [-0.3, -0.25) is 0 Å².